The largest absolute Gasteiger partial charge is 0.382 e. The molecule has 2 heteroatoms. The molecule has 0 saturated heterocycles. The van der Waals surface area contributed by atoms with Gasteiger partial charge in [-0.15, -0.1) is 0 Å². The maximum atomic E-state index is 5.42. The van der Waals surface area contributed by atoms with E-state index >= 15 is 0 Å². The zero-order chi connectivity index (χ0) is 11.6. The molecule has 96 valence electrons. The topological polar surface area (TPSA) is 21.3 Å². The van der Waals surface area contributed by atoms with Crippen molar-refractivity contribution in [2.75, 3.05) is 26.3 Å². The summed E-state index contributed by atoms with van der Waals surface area (Å²) in [5.74, 6) is 1.76. The molecule has 0 radical (unpaired) electrons. The molecular weight excluding hydrogens is 198 g/mol. The van der Waals surface area contributed by atoms with Crippen molar-refractivity contribution in [3.63, 3.8) is 0 Å². The summed E-state index contributed by atoms with van der Waals surface area (Å²) in [5.41, 5.74) is 0. The summed E-state index contributed by atoms with van der Waals surface area (Å²) in [6, 6.07) is 0. The average Bonchev–Trinajstić information content (AvgIpc) is 2.80. The van der Waals surface area contributed by atoms with E-state index < -0.39 is 0 Å². The lowest BCUT2D eigenvalue weighted by Crippen LogP contribution is -2.27. The molecule has 16 heavy (non-hydrogen) atoms. The highest BCUT2D eigenvalue weighted by atomic mass is 16.5. The van der Waals surface area contributed by atoms with Gasteiger partial charge in [-0.2, -0.15) is 0 Å². The van der Waals surface area contributed by atoms with Gasteiger partial charge in [-0.3, -0.25) is 0 Å². The first-order valence-corrected chi connectivity index (χ1v) is 7.15. The molecule has 1 atom stereocenters. The Balaban J connectivity index is 1.99. The predicted molar refractivity (Wildman–Crippen MR) is 69.7 cm³/mol. The van der Waals surface area contributed by atoms with E-state index in [2.05, 4.69) is 19.2 Å². The zero-order valence-electron chi connectivity index (χ0n) is 11.1. The first-order valence-electron chi connectivity index (χ1n) is 7.15. The molecule has 0 heterocycles. The number of hydrogen-bond acceptors (Lipinski definition) is 2. The maximum absolute atomic E-state index is 5.42. The first-order chi connectivity index (χ1) is 7.86. The van der Waals surface area contributed by atoms with E-state index in [9.17, 15) is 0 Å². The van der Waals surface area contributed by atoms with Gasteiger partial charge in [-0.25, -0.2) is 0 Å². The Hall–Kier alpha value is -0.0800. The molecule has 0 bridgehead atoms. The van der Waals surface area contributed by atoms with Crippen LogP contribution in [0, 0.1) is 11.8 Å². The van der Waals surface area contributed by atoms with E-state index in [1.165, 1.54) is 51.6 Å². The highest BCUT2D eigenvalue weighted by molar-refractivity contribution is 4.70. The number of hydrogen-bond donors (Lipinski definition) is 1. The van der Waals surface area contributed by atoms with Crippen LogP contribution in [-0.4, -0.2) is 26.3 Å². The molecule has 0 unspecified atom stereocenters. The molecule has 0 aromatic heterocycles. The molecule has 1 N–H and O–H groups in total. The van der Waals surface area contributed by atoms with E-state index in [1.54, 1.807) is 0 Å². The lowest BCUT2D eigenvalue weighted by molar-refractivity contribution is 0.130. The van der Waals surface area contributed by atoms with Crippen molar-refractivity contribution in [3.8, 4) is 0 Å². The van der Waals surface area contributed by atoms with Crippen molar-refractivity contribution in [2.45, 2.75) is 52.4 Å². The molecule has 2 nitrogen and oxygen atoms in total. The van der Waals surface area contributed by atoms with E-state index in [0.29, 0.717) is 0 Å². The van der Waals surface area contributed by atoms with Crippen molar-refractivity contribution in [1.29, 1.82) is 0 Å². The lowest BCUT2D eigenvalue weighted by Gasteiger charge is -2.17. The summed E-state index contributed by atoms with van der Waals surface area (Å²) in [6.45, 7) is 8.56. The third-order valence-corrected chi connectivity index (χ3v) is 3.79. The Labute approximate surface area is 101 Å². The fourth-order valence-corrected chi connectivity index (χ4v) is 2.55. The van der Waals surface area contributed by atoms with Crippen LogP contribution in [0.4, 0.5) is 0 Å². The second kappa shape index (κ2) is 9.00. The van der Waals surface area contributed by atoms with Crippen LogP contribution in [0.15, 0.2) is 0 Å². The molecule has 1 aliphatic carbocycles. The predicted octanol–water partition coefficient (Wildman–Crippen LogP) is 3.22. The molecule has 1 aliphatic rings. The van der Waals surface area contributed by atoms with E-state index in [0.717, 1.165) is 25.0 Å². The summed E-state index contributed by atoms with van der Waals surface area (Å²) in [7, 11) is 0. The minimum absolute atomic E-state index is 0.799. The van der Waals surface area contributed by atoms with E-state index in [-0.39, 0.29) is 0 Å². The summed E-state index contributed by atoms with van der Waals surface area (Å²) in [6.07, 6.45) is 8.28. The van der Waals surface area contributed by atoms with Gasteiger partial charge in [-0.05, 0) is 51.1 Å². The Morgan fingerprint density at radius 2 is 2.00 bits per heavy atom. The van der Waals surface area contributed by atoms with Crippen LogP contribution in [0.2, 0.25) is 0 Å². The smallest absolute Gasteiger partial charge is 0.0469 e. The van der Waals surface area contributed by atoms with Crippen LogP contribution in [0.25, 0.3) is 0 Å². The van der Waals surface area contributed by atoms with Crippen LogP contribution in [0.3, 0.4) is 0 Å². The average molecular weight is 227 g/mol. The third-order valence-electron chi connectivity index (χ3n) is 3.79. The van der Waals surface area contributed by atoms with Crippen LogP contribution in [-0.2, 0) is 4.74 Å². The van der Waals surface area contributed by atoms with Crippen LogP contribution >= 0.6 is 0 Å². The molecule has 1 saturated carbocycles. The quantitative estimate of drug-likeness (QED) is 0.611. The third kappa shape index (κ3) is 5.86. The lowest BCUT2D eigenvalue weighted by atomic mass is 10.0. The first kappa shape index (κ1) is 14.0. The molecule has 0 amide bonds. The monoisotopic (exact) mass is 227 g/mol. The van der Waals surface area contributed by atoms with Crippen molar-refractivity contribution in [1.82, 2.24) is 5.32 Å². The van der Waals surface area contributed by atoms with Gasteiger partial charge in [0.25, 0.3) is 0 Å². The van der Waals surface area contributed by atoms with Crippen LogP contribution < -0.4 is 5.32 Å². The number of rotatable bonds is 9. The molecule has 1 rings (SSSR count). The standard InChI is InChI=1S/C14H29NO/c1-3-13(9-10-16-4-2)11-15-12-14-7-5-6-8-14/h13-15H,3-12H2,1-2H3/t13-/m1/s1. The van der Waals surface area contributed by atoms with Crippen molar-refractivity contribution >= 4 is 0 Å². The molecule has 1 fully saturated rings. The normalized spacial score (nSPS) is 19.1. The van der Waals surface area contributed by atoms with Gasteiger partial charge >= 0.3 is 0 Å². The minimum atomic E-state index is 0.799. The second-order valence-electron chi connectivity index (χ2n) is 5.07. The molecule has 0 aliphatic heterocycles. The Kier molecular flexibility index (Phi) is 7.87. The summed E-state index contributed by atoms with van der Waals surface area (Å²) >= 11 is 0. The maximum Gasteiger partial charge on any atom is 0.0469 e. The Morgan fingerprint density at radius 3 is 2.62 bits per heavy atom. The Morgan fingerprint density at radius 1 is 1.25 bits per heavy atom. The van der Waals surface area contributed by atoms with Gasteiger partial charge in [0.15, 0.2) is 0 Å². The Bertz CT molecular complexity index is 155. The minimum Gasteiger partial charge on any atom is -0.382 e. The summed E-state index contributed by atoms with van der Waals surface area (Å²) in [4.78, 5) is 0. The molecular formula is C14H29NO. The van der Waals surface area contributed by atoms with E-state index in [4.69, 9.17) is 4.74 Å². The number of ether oxygens (including phenoxy) is 1. The van der Waals surface area contributed by atoms with Crippen LogP contribution in [0.1, 0.15) is 52.4 Å². The SMILES string of the molecule is CCOCC[C@@H](CC)CNCC1CCCC1. The zero-order valence-corrected chi connectivity index (χ0v) is 11.1. The molecule has 0 spiro atoms. The highest BCUT2D eigenvalue weighted by Gasteiger charge is 2.14. The van der Waals surface area contributed by atoms with Gasteiger partial charge in [-0.1, -0.05) is 26.2 Å². The van der Waals surface area contributed by atoms with E-state index in [1.807, 2.05) is 0 Å². The highest BCUT2D eigenvalue weighted by Crippen LogP contribution is 2.23. The van der Waals surface area contributed by atoms with Crippen molar-refractivity contribution in [3.05, 3.63) is 0 Å². The molecule has 0 aromatic rings. The fraction of sp³-hybridized carbons (Fsp3) is 1.00. The van der Waals surface area contributed by atoms with Crippen molar-refractivity contribution in [2.24, 2.45) is 11.8 Å². The van der Waals surface area contributed by atoms with Crippen molar-refractivity contribution < 1.29 is 4.74 Å². The summed E-state index contributed by atoms with van der Waals surface area (Å²) < 4.78 is 5.42. The van der Waals surface area contributed by atoms with Gasteiger partial charge in [0.2, 0.25) is 0 Å². The fourth-order valence-electron chi connectivity index (χ4n) is 2.55. The van der Waals surface area contributed by atoms with Gasteiger partial charge in [0, 0.05) is 13.2 Å². The van der Waals surface area contributed by atoms with Gasteiger partial charge in [0.1, 0.15) is 0 Å². The number of nitrogens with one attached hydrogen (secondary N) is 1. The second-order valence-corrected chi connectivity index (χ2v) is 5.07. The van der Waals surface area contributed by atoms with Crippen LogP contribution in [0.5, 0.6) is 0 Å². The van der Waals surface area contributed by atoms with Gasteiger partial charge < -0.3 is 10.1 Å². The summed E-state index contributed by atoms with van der Waals surface area (Å²) in [5, 5.41) is 3.65. The molecule has 0 aromatic carbocycles. The van der Waals surface area contributed by atoms with Gasteiger partial charge in [0.05, 0.1) is 0 Å².